The predicted molar refractivity (Wildman–Crippen MR) is 95.8 cm³/mol. The number of hydrogen-bond donors (Lipinski definition) is 2. The minimum absolute atomic E-state index is 0.122. The van der Waals surface area contributed by atoms with Crippen LogP contribution in [0, 0.1) is 0 Å². The summed E-state index contributed by atoms with van der Waals surface area (Å²) in [6, 6.07) is 17.2. The van der Waals surface area contributed by atoms with Gasteiger partial charge in [0.2, 0.25) is 0 Å². The van der Waals surface area contributed by atoms with E-state index in [1.165, 1.54) is 0 Å². The molecule has 2 heterocycles. The lowest BCUT2D eigenvalue weighted by Crippen LogP contribution is -2.06. The van der Waals surface area contributed by atoms with Gasteiger partial charge in [-0.15, -0.1) is 0 Å². The molecule has 116 valence electrons. The van der Waals surface area contributed by atoms with Gasteiger partial charge in [0.15, 0.2) is 5.78 Å². The molecule has 0 aliphatic heterocycles. The third kappa shape index (κ3) is 2.34. The number of nitrogens with two attached hydrogens (primary N) is 1. The van der Waals surface area contributed by atoms with Crippen LogP contribution in [-0.2, 0) is 0 Å². The van der Waals surface area contributed by atoms with E-state index in [1.807, 2.05) is 42.6 Å². The average molecular weight is 313 g/mol. The number of rotatable bonds is 3. The Morgan fingerprint density at radius 1 is 1.04 bits per heavy atom. The zero-order valence-electron chi connectivity index (χ0n) is 12.9. The van der Waals surface area contributed by atoms with Crippen LogP contribution in [0.3, 0.4) is 0 Å². The minimum atomic E-state index is -0.122. The van der Waals surface area contributed by atoms with Crippen LogP contribution in [0.25, 0.3) is 22.0 Å². The Hall–Kier alpha value is -3.40. The highest BCUT2D eigenvalue weighted by Gasteiger charge is 2.14. The van der Waals surface area contributed by atoms with Crippen molar-refractivity contribution in [1.82, 2.24) is 9.97 Å². The van der Waals surface area contributed by atoms with E-state index in [9.17, 15) is 4.79 Å². The fraction of sp³-hybridized carbons (Fsp3) is 0. The van der Waals surface area contributed by atoms with Crippen LogP contribution in [-0.4, -0.2) is 15.8 Å². The number of nitrogen functional groups attached to an aromatic ring is 1. The number of benzene rings is 2. The van der Waals surface area contributed by atoms with Crippen molar-refractivity contribution < 1.29 is 4.79 Å². The zero-order chi connectivity index (χ0) is 16.5. The average Bonchev–Trinajstić information content (AvgIpc) is 3.11. The normalized spacial score (nSPS) is 10.8. The number of carbonyl (C=O) groups excluding carboxylic acids is 1. The Bertz CT molecular complexity index is 1040. The van der Waals surface area contributed by atoms with Crippen LogP contribution in [0.2, 0.25) is 0 Å². The summed E-state index contributed by atoms with van der Waals surface area (Å²) in [5, 5.41) is 1.11. The van der Waals surface area contributed by atoms with E-state index in [0.717, 1.165) is 22.0 Å². The molecule has 2 aromatic carbocycles. The fourth-order valence-corrected chi connectivity index (χ4v) is 2.91. The van der Waals surface area contributed by atoms with Gasteiger partial charge in [0.25, 0.3) is 0 Å². The summed E-state index contributed by atoms with van der Waals surface area (Å²) < 4.78 is 0. The first-order valence-electron chi connectivity index (χ1n) is 7.65. The molecule has 24 heavy (non-hydrogen) atoms. The number of pyridine rings is 1. The number of aromatic amines is 1. The third-order valence-electron chi connectivity index (χ3n) is 4.13. The monoisotopic (exact) mass is 313 g/mol. The van der Waals surface area contributed by atoms with Gasteiger partial charge in [-0.3, -0.25) is 9.78 Å². The predicted octanol–water partition coefficient (Wildman–Crippen LogP) is 4.04. The smallest absolute Gasteiger partial charge is 0.196 e. The van der Waals surface area contributed by atoms with E-state index in [4.69, 9.17) is 5.73 Å². The molecule has 0 aliphatic rings. The lowest BCUT2D eigenvalue weighted by Gasteiger charge is -2.09. The maximum absolute atomic E-state index is 12.7. The number of hydrogen-bond acceptors (Lipinski definition) is 3. The van der Waals surface area contributed by atoms with Crippen molar-refractivity contribution in [3.63, 3.8) is 0 Å². The number of aromatic nitrogens is 2. The maximum Gasteiger partial charge on any atom is 0.196 e. The van der Waals surface area contributed by atoms with Crippen molar-refractivity contribution in [1.29, 1.82) is 0 Å². The van der Waals surface area contributed by atoms with Crippen molar-refractivity contribution in [2.75, 3.05) is 5.73 Å². The first-order valence-corrected chi connectivity index (χ1v) is 7.65. The lowest BCUT2D eigenvalue weighted by atomic mass is 9.96. The molecule has 0 fully saturated rings. The molecule has 3 N–H and O–H groups in total. The molecule has 0 unspecified atom stereocenters. The Morgan fingerprint density at radius 2 is 1.96 bits per heavy atom. The standard InChI is InChI=1S/C20H15N3O/c21-18-7-6-13(15-4-1-5-19-16(15)8-10-23-19)11-17(18)20(24)14-3-2-9-22-12-14/h1-12,23H,21H2. The maximum atomic E-state index is 12.7. The summed E-state index contributed by atoms with van der Waals surface area (Å²) in [6.07, 6.45) is 5.11. The molecule has 4 heteroatoms. The Labute approximate surface area is 139 Å². The third-order valence-corrected chi connectivity index (χ3v) is 4.13. The molecule has 0 saturated carbocycles. The number of anilines is 1. The van der Waals surface area contributed by atoms with Gasteiger partial charge in [0, 0.05) is 46.3 Å². The van der Waals surface area contributed by atoms with Crippen molar-refractivity contribution >= 4 is 22.4 Å². The molecule has 2 aromatic heterocycles. The van der Waals surface area contributed by atoms with Gasteiger partial charge in [-0.1, -0.05) is 18.2 Å². The molecule has 0 aliphatic carbocycles. The molecule has 0 radical (unpaired) electrons. The number of ketones is 1. The summed E-state index contributed by atoms with van der Waals surface area (Å²) >= 11 is 0. The van der Waals surface area contributed by atoms with E-state index in [1.54, 1.807) is 30.6 Å². The van der Waals surface area contributed by atoms with Gasteiger partial charge in [-0.2, -0.15) is 0 Å². The number of nitrogens with zero attached hydrogens (tertiary/aromatic N) is 1. The van der Waals surface area contributed by atoms with Gasteiger partial charge in [0.05, 0.1) is 0 Å². The number of H-pyrrole nitrogens is 1. The van der Waals surface area contributed by atoms with Crippen molar-refractivity contribution in [2.45, 2.75) is 0 Å². The second-order valence-corrected chi connectivity index (χ2v) is 5.62. The highest BCUT2D eigenvalue weighted by atomic mass is 16.1. The largest absolute Gasteiger partial charge is 0.398 e. The fourth-order valence-electron chi connectivity index (χ4n) is 2.91. The molecule has 4 aromatic rings. The first-order chi connectivity index (χ1) is 11.7. The van der Waals surface area contributed by atoms with Crippen molar-refractivity contribution in [3.8, 4) is 11.1 Å². The van der Waals surface area contributed by atoms with Crippen molar-refractivity contribution in [3.05, 3.63) is 84.3 Å². The summed E-state index contributed by atoms with van der Waals surface area (Å²) in [5.74, 6) is -0.122. The lowest BCUT2D eigenvalue weighted by molar-refractivity contribution is 0.103. The van der Waals surface area contributed by atoms with Crippen LogP contribution in [0.1, 0.15) is 15.9 Å². The summed E-state index contributed by atoms with van der Waals surface area (Å²) in [7, 11) is 0. The summed E-state index contributed by atoms with van der Waals surface area (Å²) in [5.41, 5.74) is 10.6. The zero-order valence-corrected chi connectivity index (χ0v) is 12.9. The quantitative estimate of drug-likeness (QED) is 0.443. The van der Waals surface area contributed by atoms with E-state index >= 15 is 0 Å². The molecule has 0 bridgehead atoms. The molecular weight excluding hydrogens is 298 g/mol. The van der Waals surface area contributed by atoms with Crippen molar-refractivity contribution in [2.24, 2.45) is 0 Å². The molecule has 4 rings (SSSR count). The number of fused-ring (bicyclic) bond motifs is 1. The van der Waals surface area contributed by atoms with Gasteiger partial charge >= 0.3 is 0 Å². The van der Waals surface area contributed by atoms with E-state index < -0.39 is 0 Å². The van der Waals surface area contributed by atoms with Gasteiger partial charge in [-0.25, -0.2) is 0 Å². The molecule has 0 spiro atoms. The number of carbonyl (C=O) groups is 1. The topological polar surface area (TPSA) is 71.8 Å². The number of nitrogens with one attached hydrogen (secondary N) is 1. The first kappa shape index (κ1) is 14.2. The Morgan fingerprint density at radius 3 is 2.79 bits per heavy atom. The molecule has 0 atom stereocenters. The molecule has 4 nitrogen and oxygen atoms in total. The molecule has 0 saturated heterocycles. The van der Waals surface area contributed by atoms with Crippen LogP contribution in [0.4, 0.5) is 5.69 Å². The van der Waals surface area contributed by atoms with E-state index in [0.29, 0.717) is 16.8 Å². The second-order valence-electron chi connectivity index (χ2n) is 5.62. The van der Waals surface area contributed by atoms with Crippen LogP contribution in [0.15, 0.2) is 73.2 Å². The van der Waals surface area contributed by atoms with Gasteiger partial charge in [0.1, 0.15) is 0 Å². The molecular formula is C20H15N3O. The SMILES string of the molecule is Nc1ccc(-c2cccc3[nH]ccc23)cc1C(=O)c1cccnc1. The van der Waals surface area contributed by atoms with E-state index in [-0.39, 0.29) is 5.78 Å². The molecule has 0 amide bonds. The summed E-state index contributed by atoms with van der Waals surface area (Å²) in [6.45, 7) is 0. The van der Waals surface area contributed by atoms with Gasteiger partial charge in [-0.05, 0) is 47.5 Å². The van der Waals surface area contributed by atoms with E-state index in [2.05, 4.69) is 9.97 Å². The van der Waals surface area contributed by atoms with Crippen LogP contribution in [0.5, 0.6) is 0 Å². The highest BCUT2D eigenvalue weighted by Crippen LogP contribution is 2.30. The summed E-state index contributed by atoms with van der Waals surface area (Å²) in [4.78, 5) is 20.0. The Kier molecular flexibility index (Phi) is 3.35. The van der Waals surface area contributed by atoms with Gasteiger partial charge < -0.3 is 10.7 Å². The highest BCUT2D eigenvalue weighted by molar-refractivity contribution is 6.12. The van der Waals surface area contributed by atoms with Crippen LogP contribution < -0.4 is 5.73 Å². The minimum Gasteiger partial charge on any atom is -0.398 e. The second kappa shape index (κ2) is 5.66. The van der Waals surface area contributed by atoms with Crippen LogP contribution >= 0.6 is 0 Å². The Balaban J connectivity index is 1.85.